The molecule has 3 rings (SSSR count). The Balaban J connectivity index is 1.67. The van der Waals surface area contributed by atoms with Crippen molar-refractivity contribution in [1.82, 2.24) is 9.80 Å². The number of oxime groups is 1. The Morgan fingerprint density at radius 2 is 1.64 bits per heavy atom. The minimum absolute atomic E-state index is 0.200. The van der Waals surface area contributed by atoms with E-state index >= 15 is 0 Å². The van der Waals surface area contributed by atoms with Crippen LogP contribution in [0.15, 0.2) is 41.6 Å². The Labute approximate surface area is 231 Å². The van der Waals surface area contributed by atoms with Crippen molar-refractivity contribution in [2.75, 3.05) is 39.4 Å². The van der Waals surface area contributed by atoms with Crippen LogP contribution in [0.2, 0.25) is 0 Å². The molecule has 0 N–H and O–H groups in total. The van der Waals surface area contributed by atoms with Crippen molar-refractivity contribution >= 4 is 23.7 Å². The van der Waals surface area contributed by atoms with Crippen LogP contribution in [0.5, 0.6) is 0 Å². The standard InChI is InChI=1S/C30H41N3O6/c1-22-18-23(2)27-24(19-22)20-25(12-10-8-6-7-9-11-17-37-28(27)35)31-38-21-26(34)32-13-15-33(16-14-32)29(36)39-30(3,4)5/h7,9-10,12,18-19H,6,8,11,13-17,20-21H2,1-5H3/b9-7+,12-10+,31-25-. The summed E-state index contributed by atoms with van der Waals surface area (Å²) in [5.74, 6) is -0.549. The molecule has 1 aromatic rings. The molecular formula is C30H41N3O6. The van der Waals surface area contributed by atoms with E-state index in [0.29, 0.717) is 56.9 Å². The summed E-state index contributed by atoms with van der Waals surface area (Å²) < 4.78 is 11.0. The second-order valence-corrected chi connectivity index (χ2v) is 10.9. The fraction of sp³-hybridized carbons (Fsp3) is 0.533. The highest BCUT2D eigenvalue weighted by Gasteiger charge is 2.28. The van der Waals surface area contributed by atoms with Gasteiger partial charge in [0.25, 0.3) is 5.91 Å². The van der Waals surface area contributed by atoms with Gasteiger partial charge in [0.05, 0.1) is 17.9 Å². The summed E-state index contributed by atoms with van der Waals surface area (Å²) in [4.78, 5) is 46.7. The zero-order valence-electron chi connectivity index (χ0n) is 23.8. The molecule has 1 saturated heterocycles. The number of hydrogen-bond acceptors (Lipinski definition) is 7. The average Bonchev–Trinajstić information content (AvgIpc) is 2.85. The summed E-state index contributed by atoms with van der Waals surface area (Å²) in [6.07, 6.45) is 10.4. The highest BCUT2D eigenvalue weighted by atomic mass is 16.6. The molecule has 2 heterocycles. The van der Waals surface area contributed by atoms with E-state index in [1.807, 2.05) is 65.0 Å². The number of piperazine rings is 1. The van der Waals surface area contributed by atoms with Gasteiger partial charge < -0.3 is 24.1 Å². The number of carbonyl (C=O) groups excluding carboxylic acids is 3. The van der Waals surface area contributed by atoms with Crippen LogP contribution in [-0.4, -0.2) is 78.5 Å². The summed E-state index contributed by atoms with van der Waals surface area (Å²) in [7, 11) is 0. The number of allylic oxidation sites excluding steroid dienone is 3. The van der Waals surface area contributed by atoms with Crippen LogP contribution in [0, 0.1) is 13.8 Å². The topological polar surface area (TPSA) is 97.7 Å². The molecule has 9 nitrogen and oxygen atoms in total. The monoisotopic (exact) mass is 539 g/mol. The fourth-order valence-corrected chi connectivity index (χ4v) is 4.47. The summed E-state index contributed by atoms with van der Waals surface area (Å²) in [5.41, 5.74) is 3.28. The van der Waals surface area contributed by atoms with E-state index in [4.69, 9.17) is 14.3 Å². The fourth-order valence-electron chi connectivity index (χ4n) is 4.47. The Kier molecular flexibility index (Phi) is 10.7. The Morgan fingerprint density at radius 1 is 0.974 bits per heavy atom. The van der Waals surface area contributed by atoms with E-state index in [2.05, 4.69) is 11.2 Å². The minimum Gasteiger partial charge on any atom is -0.462 e. The summed E-state index contributed by atoms with van der Waals surface area (Å²) in [6.45, 7) is 11.1. The molecule has 39 heavy (non-hydrogen) atoms. The molecule has 0 spiro atoms. The molecule has 9 heteroatoms. The molecular weight excluding hydrogens is 498 g/mol. The number of carbonyl (C=O) groups is 3. The molecule has 2 amide bonds. The van der Waals surface area contributed by atoms with Gasteiger partial charge in [-0.15, -0.1) is 0 Å². The van der Waals surface area contributed by atoms with Gasteiger partial charge in [-0.1, -0.05) is 41.1 Å². The largest absolute Gasteiger partial charge is 0.462 e. The first-order valence-corrected chi connectivity index (χ1v) is 13.6. The van der Waals surface area contributed by atoms with Crippen molar-refractivity contribution < 1.29 is 28.7 Å². The third-order valence-corrected chi connectivity index (χ3v) is 6.29. The summed E-state index contributed by atoms with van der Waals surface area (Å²) >= 11 is 0. The lowest BCUT2D eigenvalue weighted by molar-refractivity contribution is -0.137. The molecule has 0 aromatic heterocycles. The lowest BCUT2D eigenvalue weighted by Crippen LogP contribution is -2.52. The second-order valence-electron chi connectivity index (χ2n) is 10.9. The van der Waals surface area contributed by atoms with Crippen molar-refractivity contribution in [3.8, 4) is 0 Å². The molecule has 1 aromatic carbocycles. The first-order valence-electron chi connectivity index (χ1n) is 13.6. The molecule has 0 aliphatic carbocycles. The minimum atomic E-state index is -0.563. The van der Waals surface area contributed by atoms with Gasteiger partial charge >= 0.3 is 12.1 Å². The van der Waals surface area contributed by atoms with Crippen molar-refractivity contribution in [2.45, 2.75) is 65.9 Å². The maximum atomic E-state index is 12.9. The number of rotatable bonds is 3. The van der Waals surface area contributed by atoms with E-state index in [1.165, 1.54) is 0 Å². The highest BCUT2D eigenvalue weighted by molar-refractivity contribution is 6.00. The van der Waals surface area contributed by atoms with Crippen LogP contribution in [0.4, 0.5) is 4.79 Å². The van der Waals surface area contributed by atoms with Gasteiger partial charge in [0.15, 0.2) is 6.61 Å². The zero-order valence-corrected chi connectivity index (χ0v) is 23.8. The molecule has 0 radical (unpaired) electrons. The number of fused-ring (bicyclic) bond motifs is 1. The first kappa shape index (κ1) is 29.9. The number of nitrogens with zero attached hydrogens (tertiary/aromatic N) is 3. The van der Waals surface area contributed by atoms with Gasteiger partial charge in [0.2, 0.25) is 0 Å². The quantitative estimate of drug-likeness (QED) is 0.312. The van der Waals surface area contributed by atoms with Crippen molar-refractivity contribution in [3.05, 3.63) is 58.7 Å². The number of benzene rings is 1. The predicted octanol–water partition coefficient (Wildman–Crippen LogP) is 4.75. The summed E-state index contributed by atoms with van der Waals surface area (Å²) in [5, 5.41) is 4.28. The molecule has 212 valence electrons. The Morgan fingerprint density at radius 3 is 2.36 bits per heavy atom. The molecule has 0 atom stereocenters. The molecule has 0 saturated carbocycles. The van der Waals surface area contributed by atoms with Gasteiger partial charge in [-0.05, 0) is 71.1 Å². The van der Waals surface area contributed by atoms with E-state index in [0.717, 1.165) is 29.5 Å². The van der Waals surface area contributed by atoms with Crippen molar-refractivity contribution in [3.63, 3.8) is 0 Å². The predicted molar refractivity (Wildman–Crippen MR) is 150 cm³/mol. The first-order chi connectivity index (χ1) is 18.5. The smallest absolute Gasteiger partial charge is 0.410 e. The normalized spacial score (nSPS) is 19.9. The van der Waals surface area contributed by atoms with Crippen LogP contribution in [-0.2, 0) is 25.5 Å². The third-order valence-electron chi connectivity index (χ3n) is 6.29. The van der Waals surface area contributed by atoms with Crippen LogP contribution >= 0.6 is 0 Å². The maximum absolute atomic E-state index is 12.9. The van der Waals surface area contributed by atoms with Crippen LogP contribution in [0.25, 0.3) is 0 Å². The molecule has 2 aliphatic rings. The van der Waals surface area contributed by atoms with E-state index in [-0.39, 0.29) is 24.6 Å². The molecule has 0 bridgehead atoms. The van der Waals surface area contributed by atoms with Gasteiger partial charge in [-0.3, -0.25) is 4.79 Å². The number of cyclic esters (lactones) is 1. The van der Waals surface area contributed by atoms with Gasteiger partial charge in [0, 0.05) is 32.6 Å². The zero-order chi connectivity index (χ0) is 28.4. The average molecular weight is 540 g/mol. The molecule has 0 unspecified atom stereocenters. The van der Waals surface area contributed by atoms with Crippen molar-refractivity contribution in [1.29, 1.82) is 0 Å². The number of esters is 1. The number of hydrogen-bond donors (Lipinski definition) is 0. The van der Waals surface area contributed by atoms with E-state index in [1.54, 1.807) is 9.80 Å². The van der Waals surface area contributed by atoms with Gasteiger partial charge in [-0.2, -0.15) is 0 Å². The van der Waals surface area contributed by atoms with Gasteiger partial charge in [0.1, 0.15) is 5.60 Å². The third kappa shape index (κ3) is 9.57. The summed E-state index contributed by atoms with van der Waals surface area (Å²) in [6, 6.07) is 3.93. The highest BCUT2D eigenvalue weighted by Crippen LogP contribution is 2.20. The second kappa shape index (κ2) is 14.0. The van der Waals surface area contributed by atoms with Crippen LogP contribution in [0.3, 0.4) is 0 Å². The number of aryl methyl sites for hydroxylation is 2. The Bertz CT molecular complexity index is 1120. The SMILES string of the molecule is Cc1cc(C)c2c(c1)CC(=N\OCC(=O)N1CCN(C(=O)OC(C)(C)C)CC1)/C=C/CC/C=C/CCOC2=O. The lowest BCUT2D eigenvalue weighted by Gasteiger charge is -2.35. The lowest BCUT2D eigenvalue weighted by atomic mass is 9.95. The van der Waals surface area contributed by atoms with Gasteiger partial charge in [-0.25, -0.2) is 9.59 Å². The molecule has 2 aliphatic heterocycles. The number of amides is 2. The maximum Gasteiger partial charge on any atom is 0.410 e. The van der Waals surface area contributed by atoms with E-state index < -0.39 is 5.60 Å². The number of ether oxygens (including phenoxy) is 2. The van der Waals surface area contributed by atoms with Crippen LogP contribution in [0.1, 0.15) is 67.1 Å². The Hall–Kier alpha value is -3.62. The van der Waals surface area contributed by atoms with Crippen molar-refractivity contribution in [2.24, 2.45) is 5.16 Å². The molecule has 1 fully saturated rings. The van der Waals surface area contributed by atoms with E-state index in [9.17, 15) is 14.4 Å². The van der Waals surface area contributed by atoms with Crippen LogP contribution < -0.4 is 0 Å².